The van der Waals surface area contributed by atoms with E-state index in [0.29, 0.717) is 0 Å². The first-order chi connectivity index (χ1) is 11.7. The molecule has 128 valence electrons. The van der Waals surface area contributed by atoms with Crippen LogP contribution in [0, 0.1) is 11.8 Å². The SMILES string of the molecule is COC(=O)C1=C2CCCO[C@H]2[C@@H]2[C@@H](C)[C@H](OC)c3ccccc3[C@@H]12. The molecule has 0 radical (unpaired) electrons. The number of hydrogen-bond acceptors (Lipinski definition) is 4. The van der Waals surface area contributed by atoms with Crippen LogP contribution in [0.3, 0.4) is 0 Å². The van der Waals surface area contributed by atoms with E-state index in [4.69, 9.17) is 14.2 Å². The van der Waals surface area contributed by atoms with Crippen molar-refractivity contribution in [3.63, 3.8) is 0 Å². The van der Waals surface area contributed by atoms with Crippen molar-refractivity contribution < 1.29 is 19.0 Å². The quantitative estimate of drug-likeness (QED) is 0.781. The highest BCUT2D eigenvalue weighted by Crippen LogP contribution is 2.58. The van der Waals surface area contributed by atoms with Crippen molar-refractivity contribution in [2.45, 2.75) is 37.9 Å². The lowest BCUT2D eigenvalue weighted by Crippen LogP contribution is -2.39. The van der Waals surface area contributed by atoms with Crippen LogP contribution in [0.25, 0.3) is 0 Å². The summed E-state index contributed by atoms with van der Waals surface area (Å²) < 4.78 is 17.2. The molecule has 1 fully saturated rings. The number of hydrogen-bond donors (Lipinski definition) is 0. The van der Waals surface area contributed by atoms with Crippen LogP contribution in [0.15, 0.2) is 35.4 Å². The molecule has 0 amide bonds. The van der Waals surface area contributed by atoms with Crippen molar-refractivity contribution in [1.29, 1.82) is 0 Å². The molecule has 5 atom stereocenters. The van der Waals surface area contributed by atoms with Gasteiger partial charge in [0.1, 0.15) is 0 Å². The first kappa shape index (κ1) is 15.9. The topological polar surface area (TPSA) is 44.8 Å². The summed E-state index contributed by atoms with van der Waals surface area (Å²) in [5.74, 6) is 0.350. The van der Waals surface area contributed by atoms with E-state index in [1.54, 1.807) is 7.11 Å². The van der Waals surface area contributed by atoms with Gasteiger partial charge >= 0.3 is 5.97 Å². The monoisotopic (exact) mass is 328 g/mol. The first-order valence-electron chi connectivity index (χ1n) is 8.73. The predicted molar refractivity (Wildman–Crippen MR) is 89.6 cm³/mol. The van der Waals surface area contributed by atoms with Crippen LogP contribution in [-0.2, 0) is 19.0 Å². The Balaban J connectivity index is 1.92. The van der Waals surface area contributed by atoms with Crippen LogP contribution in [0.1, 0.15) is 42.9 Å². The van der Waals surface area contributed by atoms with Gasteiger partial charge in [-0.1, -0.05) is 31.2 Å². The van der Waals surface area contributed by atoms with Gasteiger partial charge < -0.3 is 14.2 Å². The minimum absolute atomic E-state index is 0.0128. The molecule has 1 aromatic rings. The maximum Gasteiger partial charge on any atom is 0.334 e. The van der Waals surface area contributed by atoms with E-state index in [1.807, 2.05) is 12.1 Å². The van der Waals surface area contributed by atoms with Gasteiger partial charge in [-0.15, -0.1) is 0 Å². The smallest absolute Gasteiger partial charge is 0.334 e. The second-order valence-corrected chi connectivity index (χ2v) is 7.02. The van der Waals surface area contributed by atoms with Gasteiger partial charge in [-0.3, -0.25) is 0 Å². The zero-order valence-electron chi connectivity index (χ0n) is 14.5. The van der Waals surface area contributed by atoms with Gasteiger partial charge in [0.05, 0.1) is 19.3 Å². The maximum atomic E-state index is 12.6. The summed E-state index contributed by atoms with van der Waals surface area (Å²) in [4.78, 5) is 12.6. The molecule has 0 unspecified atom stereocenters. The van der Waals surface area contributed by atoms with E-state index in [0.717, 1.165) is 30.6 Å². The number of benzene rings is 1. The van der Waals surface area contributed by atoms with Gasteiger partial charge in [0, 0.05) is 31.1 Å². The zero-order valence-corrected chi connectivity index (χ0v) is 14.5. The number of ether oxygens (including phenoxy) is 3. The number of methoxy groups -OCH3 is 2. The molecule has 3 aliphatic rings. The summed E-state index contributed by atoms with van der Waals surface area (Å²) in [6.45, 7) is 2.98. The number of fused-ring (bicyclic) bond motifs is 5. The summed E-state index contributed by atoms with van der Waals surface area (Å²) in [5.41, 5.74) is 4.37. The average molecular weight is 328 g/mol. The van der Waals surface area contributed by atoms with Gasteiger partial charge in [-0.25, -0.2) is 4.79 Å². The molecule has 2 aliphatic carbocycles. The normalized spacial score (nSPS) is 34.4. The van der Waals surface area contributed by atoms with Crippen LogP contribution < -0.4 is 0 Å². The fourth-order valence-corrected chi connectivity index (χ4v) is 5.10. The van der Waals surface area contributed by atoms with Gasteiger partial charge in [0.15, 0.2) is 0 Å². The van der Waals surface area contributed by atoms with Crippen molar-refractivity contribution in [2.75, 3.05) is 20.8 Å². The number of esters is 1. The number of rotatable bonds is 2. The summed E-state index contributed by atoms with van der Waals surface area (Å²) in [5, 5.41) is 0. The molecule has 4 rings (SSSR count). The molecule has 0 aromatic heterocycles. The molecular formula is C20H24O4. The third kappa shape index (κ3) is 2.09. The van der Waals surface area contributed by atoms with E-state index in [9.17, 15) is 4.79 Å². The second-order valence-electron chi connectivity index (χ2n) is 7.02. The van der Waals surface area contributed by atoms with Crippen LogP contribution in [0.4, 0.5) is 0 Å². The third-order valence-corrected chi connectivity index (χ3v) is 6.00. The Labute approximate surface area is 142 Å². The predicted octanol–water partition coefficient (Wildman–Crippen LogP) is 3.39. The van der Waals surface area contributed by atoms with E-state index in [2.05, 4.69) is 19.1 Å². The first-order valence-corrected chi connectivity index (χ1v) is 8.73. The Morgan fingerprint density at radius 1 is 1.21 bits per heavy atom. The van der Waals surface area contributed by atoms with Gasteiger partial charge in [-0.2, -0.15) is 0 Å². The van der Waals surface area contributed by atoms with Crippen LogP contribution in [0.2, 0.25) is 0 Å². The van der Waals surface area contributed by atoms with Crippen LogP contribution in [0.5, 0.6) is 0 Å². The highest BCUT2D eigenvalue weighted by Gasteiger charge is 2.54. The van der Waals surface area contributed by atoms with Crippen LogP contribution in [-0.4, -0.2) is 32.9 Å². The molecule has 4 nitrogen and oxygen atoms in total. The van der Waals surface area contributed by atoms with Crippen molar-refractivity contribution in [2.24, 2.45) is 11.8 Å². The number of carbonyl (C=O) groups is 1. The van der Waals surface area contributed by atoms with Gasteiger partial charge in [0.25, 0.3) is 0 Å². The molecule has 0 N–H and O–H groups in total. The van der Waals surface area contributed by atoms with E-state index in [-0.39, 0.29) is 35.9 Å². The molecule has 1 aliphatic heterocycles. The lowest BCUT2D eigenvalue weighted by molar-refractivity contribution is -0.136. The zero-order chi connectivity index (χ0) is 16.8. The number of carbonyl (C=O) groups excluding carboxylic acids is 1. The maximum absolute atomic E-state index is 12.6. The fourth-order valence-electron chi connectivity index (χ4n) is 5.10. The molecular weight excluding hydrogens is 304 g/mol. The molecule has 24 heavy (non-hydrogen) atoms. The lowest BCUT2D eigenvalue weighted by Gasteiger charge is -2.42. The molecule has 1 aromatic carbocycles. The Bertz CT molecular complexity index is 693. The lowest BCUT2D eigenvalue weighted by atomic mass is 9.67. The Kier molecular flexibility index (Phi) is 3.97. The Hall–Kier alpha value is -1.65. The van der Waals surface area contributed by atoms with Crippen molar-refractivity contribution in [3.8, 4) is 0 Å². The summed E-state index contributed by atoms with van der Waals surface area (Å²) in [6.07, 6.45) is 1.94. The van der Waals surface area contributed by atoms with Crippen molar-refractivity contribution >= 4 is 5.97 Å². The Morgan fingerprint density at radius 2 is 1.96 bits per heavy atom. The van der Waals surface area contributed by atoms with Gasteiger partial charge in [-0.05, 0) is 35.5 Å². The van der Waals surface area contributed by atoms with E-state index in [1.165, 1.54) is 18.2 Å². The molecule has 0 bridgehead atoms. The molecule has 1 heterocycles. The largest absolute Gasteiger partial charge is 0.466 e. The Morgan fingerprint density at radius 3 is 2.67 bits per heavy atom. The molecule has 0 spiro atoms. The summed E-state index contributed by atoms with van der Waals surface area (Å²) in [7, 11) is 3.24. The highest BCUT2D eigenvalue weighted by molar-refractivity contribution is 5.92. The highest BCUT2D eigenvalue weighted by atomic mass is 16.5. The third-order valence-electron chi connectivity index (χ3n) is 6.00. The van der Waals surface area contributed by atoms with E-state index < -0.39 is 0 Å². The second kappa shape index (κ2) is 6.01. The standard InChI is InChI=1S/C20H24O4/c1-11-15-16(12-7-4-5-8-13(12)18(11)22-2)17(20(21)23-3)14-9-6-10-24-19(14)15/h4-5,7-8,11,15-16,18-19H,6,9-10H2,1-3H3/t11-,15-,16-,18+,19-/m1/s1. The van der Waals surface area contributed by atoms with Crippen LogP contribution >= 0.6 is 0 Å². The van der Waals surface area contributed by atoms with E-state index >= 15 is 0 Å². The molecule has 0 saturated carbocycles. The minimum Gasteiger partial charge on any atom is -0.466 e. The average Bonchev–Trinajstić information content (AvgIpc) is 2.97. The van der Waals surface area contributed by atoms with Crippen molar-refractivity contribution in [1.82, 2.24) is 0 Å². The summed E-state index contributed by atoms with van der Waals surface area (Å²) in [6, 6.07) is 8.34. The fraction of sp³-hybridized carbons (Fsp3) is 0.550. The minimum atomic E-state index is -0.203. The summed E-state index contributed by atoms with van der Waals surface area (Å²) >= 11 is 0. The van der Waals surface area contributed by atoms with Gasteiger partial charge in [0.2, 0.25) is 0 Å². The molecule has 4 heteroatoms. The van der Waals surface area contributed by atoms with Crippen molar-refractivity contribution in [3.05, 3.63) is 46.5 Å². The molecule has 1 saturated heterocycles.